The van der Waals surface area contributed by atoms with Crippen LogP contribution in [0.2, 0.25) is 5.02 Å². The largest absolute Gasteiger partial charge is 0.343 e. The molecule has 3 rings (SSSR count). The minimum Gasteiger partial charge on any atom is -0.343 e. The third-order valence-electron chi connectivity index (χ3n) is 5.70. The van der Waals surface area contributed by atoms with Crippen LogP contribution in [0.4, 0.5) is 5.69 Å². The molecule has 0 bridgehead atoms. The molecule has 0 unspecified atom stereocenters. The summed E-state index contributed by atoms with van der Waals surface area (Å²) in [6, 6.07) is 15.6. The molecule has 5 nitrogen and oxygen atoms in total. The fourth-order valence-electron chi connectivity index (χ4n) is 3.67. The number of hydrogen-bond donors (Lipinski definition) is 2. The number of likely N-dealkylation sites (N-methyl/N-ethyl adjacent to an activating group) is 1. The van der Waals surface area contributed by atoms with Gasteiger partial charge in [0.25, 0.3) is 5.56 Å². The van der Waals surface area contributed by atoms with Crippen LogP contribution in [0.15, 0.2) is 53.3 Å². The van der Waals surface area contributed by atoms with Crippen molar-refractivity contribution in [1.82, 2.24) is 14.8 Å². The number of aryl methyl sites for hydroxylation is 1. The normalized spacial score (nSPS) is 11.2. The second-order valence-electron chi connectivity index (χ2n) is 7.79. The standard InChI is InChI=1S/C25H31ClN4OS/c1-4-18-10-11-23-19(14-18)15-20(24(31)28-23)17-30(13-12-29(5-2)6-3)25(32)27-22-9-7-8-21(26)16-22/h7-11,14-16H,4-6,12-13,17H2,1-3H3,(H,27,32)(H,28,31). The molecule has 1 aromatic heterocycles. The molecule has 32 heavy (non-hydrogen) atoms. The van der Waals surface area contributed by atoms with Crippen LogP contribution in [0, 0.1) is 0 Å². The molecular formula is C25H31ClN4OS. The molecule has 0 aliphatic carbocycles. The highest BCUT2D eigenvalue weighted by atomic mass is 35.5. The zero-order valence-electron chi connectivity index (χ0n) is 19.0. The van der Waals surface area contributed by atoms with E-state index >= 15 is 0 Å². The van der Waals surface area contributed by atoms with Crippen molar-refractivity contribution in [3.05, 3.63) is 75.0 Å². The van der Waals surface area contributed by atoms with Crippen molar-refractivity contribution in [1.29, 1.82) is 0 Å². The lowest BCUT2D eigenvalue weighted by atomic mass is 10.1. The Bertz CT molecular complexity index is 1130. The molecule has 2 aromatic carbocycles. The summed E-state index contributed by atoms with van der Waals surface area (Å²) in [7, 11) is 0. The summed E-state index contributed by atoms with van der Waals surface area (Å²) in [5.74, 6) is 0. The number of rotatable bonds is 9. The van der Waals surface area contributed by atoms with Crippen LogP contribution in [0.5, 0.6) is 0 Å². The Morgan fingerprint density at radius 3 is 2.53 bits per heavy atom. The number of anilines is 1. The van der Waals surface area contributed by atoms with E-state index in [-0.39, 0.29) is 5.56 Å². The summed E-state index contributed by atoms with van der Waals surface area (Å²) in [5.41, 5.74) is 3.54. The third-order valence-corrected chi connectivity index (χ3v) is 6.29. The van der Waals surface area contributed by atoms with Crippen molar-refractivity contribution in [2.24, 2.45) is 0 Å². The SMILES string of the molecule is CCc1ccc2[nH]c(=O)c(CN(CCN(CC)CC)C(=S)Nc3cccc(Cl)c3)cc2c1. The molecule has 0 spiro atoms. The predicted octanol–water partition coefficient (Wildman–Crippen LogP) is 5.28. The van der Waals surface area contributed by atoms with Gasteiger partial charge in [0.2, 0.25) is 0 Å². The van der Waals surface area contributed by atoms with E-state index < -0.39 is 0 Å². The zero-order chi connectivity index (χ0) is 23.1. The Morgan fingerprint density at radius 2 is 1.84 bits per heavy atom. The summed E-state index contributed by atoms with van der Waals surface area (Å²) in [4.78, 5) is 20.2. The van der Waals surface area contributed by atoms with Crippen LogP contribution >= 0.6 is 23.8 Å². The van der Waals surface area contributed by atoms with Gasteiger partial charge in [0, 0.05) is 34.9 Å². The van der Waals surface area contributed by atoms with Crippen molar-refractivity contribution in [2.45, 2.75) is 33.7 Å². The predicted molar refractivity (Wildman–Crippen MR) is 140 cm³/mol. The number of nitrogens with one attached hydrogen (secondary N) is 2. The van der Waals surface area contributed by atoms with Crippen LogP contribution in [0.1, 0.15) is 31.9 Å². The minimum atomic E-state index is -0.0832. The van der Waals surface area contributed by atoms with Crippen LogP contribution in [0.25, 0.3) is 10.9 Å². The van der Waals surface area contributed by atoms with E-state index in [2.05, 4.69) is 53.0 Å². The first-order chi connectivity index (χ1) is 15.4. The second kappa shape index (κ2) is 11.5. The number of pyridine rings is 1. The van der Waals surface area contributed by atoms with Gasteiger partial charge in [-0.15, -0.1) is 0 Å². The number of H-pyrrole nitrogens is 1. The molecule has 0 aliphatic rings. The van der Waals surface area contributed by atoms with Gasteiger partial charge in [-0.3, -0.25) is 4.79 Å². The molecule has 0 fully saturated rings. The maximum Gasteiger partial charge on any atom is 0.253 e. The van der Waals surface area contributed by atoms with Gasteiger partial charge in [-0.1, -0.05) is 44.5 Å². The quantitative estimate of drug-likeness (QED) is 0.416. The topological polar surface area (TPSA) is 51.4 Å². The van der Waals surface area contributed by atoms with E-state index in [0.717, 1.165) is 42.6 Å². The molecule has 7 heteroatoms. The van der Waals surface area contributed by atoms with Gasteiger partial charge in [-0.25, -0.2) is 0 Å². The lowest BCUT2D eigenvalue weighted by Gasteiger charge is -2.29. The van der Waals surface area contributed by atoms with Gasteiger partial charge >= 0.3 is 0 Å². The van der Waals surface area contributed by atoms with Crippen LogP contribution in [0.3, 0.4) is 0 Å². The zero-order valence-corrected chi connectivity index (χ0v) is 20.5. The molecule has 1 heterocycles. The average molecular weight is 471 g/mol. The van der Waals surface area contributed by atoms with Crippen molar-refractivity contribution < 1.29 is 0 Å². The molecule has 2 N–H and O–H groups in total. The van der Waals surface area contributed by atoms with Gasteiger partial charge < -0.3 is 20.1 Å². The molecular weight excluding hydrogens is 440 g/mol. The molecule has 0 atom stereocenters. The number of fused-ring (bicyclic) bond motifs is 1. The fraction of sp³-hybridized carbons (Fsp3) is 0.360. The summed E-state index contributed by atoms with van der Waals surface area (Å²) in [6.07, 6.45) is 0.952. The van der Waals surface area contributed by atoms with Gasteiger partial charge in [0.05, 0.1) is 6.54 Å². The molecule has 0 saturated heterocycles. The Labute approximate surface area is 200 Å². The number of benzene rings is 2. The number of aromatic amines is 1. The Hall–Kier alpha value is -2.41. The molecule has 0 aliphatic heterocycles. The van der Waals surface area contributed by atoms with Gasteiger partial charge in [-0.05, 0) is 79.1 Å². The van der Waals surface area contributed by atoms with Crippen molar-refractivity contribution in [3.8, 4) is 0 Å². The number of halogens is 1. The van der Waals surface area contributed by atoms with Gasteiger partial charge in [-0.2, -0.15) is 0 Å². The molecule has 0 saturated carbocycles. The number of nitrogens with zero attached hydrogens (tertiary/aromatic N) is 2. The highest BCUT2D eigenvalue weighted by Gasteiger charge is 2.15. The average Bonchev–Trinajstić information content (AvgIpc) is 2.78. The summed E-state index contributed by atoms with van der Waals surface area (Å²) in [6.45, 7) is 10.4. The molecule has 0 amide bonds. The number of hydrogen-bond acceptors (Lipinski definition) is 3. The van der Waals surface area contributed by atoms with Crippen LogP contribution < -0.4 is 10.9 Å². The highest BCUT2D eigenvalue weighted by molar-refractivity contribution is 7.80. The number of thiocarbonyl (C=S) groups is 1. The van der Waals surface area contributed by atoms with E-state index in [1.54, 1.807) is 0 Å². The molecule has 0 radical (unpaired) electrons. The fourth-order valence-corrected chi connectivity index (χ4v) is 4.13. The van der Waals surface area contributed by atoms with Crippen molar-refractivity contribution in [2.75, 3.05) is 31.5 Å². The lowest BCUT2D eigenvalue weighted by molar-refractivity contribution is 0.266. The van der Waals surface area contributed by atoms with Crippen molar-refractivity contribution >= 4 is 45.5 Å². The van der Waals surface area contributed by atoms with E-state index in [1.807, 2.05) is 36.4 Å². The summed E-state index contributed by atoms with van der Waals surface area (Å²) in [5, 5.41) is 5.53. The maximum absolute atomic E-state index is 12.8. The summed E-state index contributed by atoms with van der Waals surface area (Å²) < 4.78 is 0. The van der Waals surface area contributed by atoms with E-state index in [1.165, 1.54) is 5.56 Å². The monoisotopic (exact) mass is 470 g/mol. The van der Waals surface area contributed by atoms with Gasteiger partial charge in [0.15, 0.2) is 5.11 Å². The van der Waals surface area contributed by atoms with Crippen molar-refractivity contribution in [3.63, 3.8) is 0 Å². The van der Waals surface area contributed by atoms with E-state index in [4.69, 9.17) is 23.8 Å². The highest BCUT2D eigenvalue weighted by Crippen LogP contribution is 2.18. The minimum absolute atomic E-state index is 0.0832. The van der Waals surface area contributed by atoms with E-state index in [0.29, 0.717) is 28.8 Å². The first-order valence-corrected chi connectivity index (χ1v) is 11.9. The Morgan fingerprint density at radius 1 is 1.06 bits per heavy atom. The Kier molecular flexibility index (Phi) is 8.67. The maximum atomic E-state index is 12.8. The number of aromatic nitrogens is 1. The van der Waals surface area contributed by atoms with Gasteiger partial charge in [0.1, 0.15) is 0 Å². The summed E-state index contributed by atoms with van der Waals surface area (Å²) >= 11 is 11.9. The second-order valence-corrected chi connectivity index (χ2v) is 8.61. The first kappa shape index (κ1) is 24.2. The molecule has 3 aromatic rings. The first-order valence-electron chi connectivity index (χ1n) is 11.1. The Balaban J connectivity index is 1.87. The third kappa shape index (κ3) is 6.31. The molecule has 170 valence electrons. The van der Waals surface area contributed by atoms with Crippen LogP contribution in [-0.4, -0.2) is 46.1 Å². The van der Waals surface area contributed by atoms with Crippen LogP contribution in [-0.2, 0) is 13.0 Å². The van der Waals surface area contributed by atoms with E-state index in [9.17, 15) is 4.79 Å². The smallest absolute Gasteiger partial charge is 0.253 e. The lowest BCUT2D eigenvalue weighted by Crippen LogP contribution is -2.41.